The maximum absolute atomic E-state index is 5.93. The van der Waals surface area contributed by atoms with E-state index in [1.54, 1.807) is 0 Å². The van der Waals surface area contributed by atoms with Crippen molar-refractivity contribution in [3.63, 3.8) is 0 Å². The van der Waals surface area contributed by atoms with Gasteiger partial charge in [-0.1, -0.05) is 12.5 Å². The molecule has 2 heteroatoms. The third-order valence-electron chi connectivity index (χ3n) is 4.85. The van der Waals surface area contributed by atoms with E-state index in [0.717, 1.165) is 13.1 Å². The van der Waals surface area contributed by atoms with Gasteiger partial charge in [0, 0.05) is 12.2 Å². The molecule has 18 heavy (non-hydrogen) atoms. The summed E-state index contributed by atoms with van der Waals surface area (Å²) in [4.78, 5) is 0. The Morgan fingerprint density at radius 1 is 1.11 bits per heavy atom. The quantitative estimate of drug-likeness (QED) is 0.854. The summed E-state index contributed by atoms with van der Waals surface area (Å²) < 4.78 is 0. The summed E-state index contributed by atoms with van der Waals surface area (Å²) in [6.07, 6.45) is 3.89. The highest BCUT2D eigenvalue weighted by atomic mass is 14.9. The number of nitrogens with one attached hydrogen (secondary N) is 1. The van der Waals surface area contributed by atoms with Gasteiger partial charge >= 0.3 is 0 Å². The summed E-state index contributed by atoms with van der Waals surface area (Å²) in [6, 6.07) is 2.28. The molecule has 3 N–H and O–H groups in total. The van der Waals surface area contributed by atoms with Gasteiger partial charge in [-0.3, -0.25) is 0 Å². The van der Waals surface area contributed by atoms with Crippen molar-refractivity contribution in [2.45, 2.75) is 47.0 Å². The fourth-order valence-corrected chi connectivity index (χ4v) is 2.89. The van der Waals surface area contributed by atoms with E-state index in [1.165, 1.54) is 47.2 Å². The van der Waals surface area contributed by atoms with Crippen molar-refractivity contribution < 1.29 is 0 Å². The zero-order valence-corrected chi connectivity index (χ0v) is 12.2. The maximum atomic E-state index is 5.93. The Bertz CT molecular complexity index is 413. The zero-order valence-electron chi connectivity index (χ0n) is 12.2. The lowest BCUT2D eigenvalue weighted by atomic mass is 9.69. The monoisotopic (exact) mass is 246 g/mol. The molecule has 0 bridgehead atoms. The molecule has 0 aromatic heterocycles. The van der Waals surface area contributed by atoms with E-state index in [1.807, 2.05) is 0 Å². The first-order valence-electron chi connectivity index (χ1n) is 7.00. The predicted octanol–water partition coefficient (Wildman–Crippen LogP) is 3.46. The molecule has 1 aliphatic carbocycles. The van der Waals surface area contributed by atoms with Crippen LogP contribution < -0.4 is 11.1 Å². The number of aryl methyl sites for hydroxylation is 2. The number of benzene rings is 1. The zero-order chi connectivity index (χ0) is 13.3. The lowest BCUT2D eigenvalue weighted by molar-refractivity contribution is 0.163. The van der Waals surface area contributed by atoms with Crippen LogP contribution in [0.3, 0.4) is 0 Å². The van der Waals surface area contributed by atoms with Crippen molar-refractivity contribution in [1.29, 1.82) is 0 Å². The molecule has 0 unspecified atom stereocenters. The number of hydrogen-bond acceptors (Lipinski definition) is 2. The molecule has 2 nitrogen and oxygen atoms in total. The minimum Gasteiger partial charge on any atom is -0.384 e. The second kappa shape index (κ2) is 4.93. The average molecular weight is 246 g/mol. The van der Waals surface area contributed by atoms with Crippen molar-refractivity contribution in [3.8, 4) is 0 Å². The molecule has 0 aliphatic heterocycles. The van der Waals surface area contributed by atoms with Crippen molar-refractivity contribution in [1.82, 2.24) is 0 Å². The minimum absolute atomic E-state index is 0.358. The van der Waals surface area contributed by atoms with E-state index in [4.69, 9.17) is 5.73 Å². The normalized spacial score (nSPS) is 17.4. The first-order valence-corrected chi connectivity index (χ1v) is 7.00. The molecule has 2 rings (SSSR count). The molecule has 100 valence electrons. The summed E-state index contributed by atoms with van der Waals surface area (Å²) in [5.41, 5.74) is 13.1. The third-order valence-corrected chi connectivity index (χ3v) is 4.85. The van der Waals surface area contributed by atoms with Crippen LogP contribution in [-0.4, -0.2) is 13.1 Å². The second-order valence-corrected chi connectivity index (χ2v) is 6.05. The number of rotatable bonds is 4. The SMILES string of the molecule is Cc1cc(C)c(C)c(NCC2(CN)CCC2)c1C. The standard InChI is InChI=1S/C16H26N2/c1-11-8-12(2)14(4)15(13(11)3)18-10-16(9-17)6-5-7-16/h8,18H,5-7,9-10,17H2,1-4H3. The first kappa shape index (κ1) is 13.4. The van der Waals surface area contributed by atoms with E-state index in [2.05, 4.69) is 39.1 Å². The largest absolute Gasteiger partial charge is 0.384 e. The van der Waals surface area contributed by atoms with Crippen LogP contribution in [0, 0.1) is 33.1 Å². The van der Waals surface area contributed by atoms with Gasteiger partial charge in [-0.2, -0.15) is 0 Å². The molecule has 0 spiro atoms. The molecule has 0 radical (unpaired) electrons. The fraction of sp³-hybridized carbons (Fsp3) is 0.625. The smallest absolute Gasteiger partial charge is 0.0405 e. The van der Waals surface area contributed by atoms with Crippen LogP contribution in [0.15, 0.2) is 6.07 Å². The Labute approximate surface area is 111 Å². The second-order valence-electron chi connectivity index (χ2n) is 6.05. The van der Waals surface area contributed by atoms with E-state index in [-0.39, 0.29) is 0 Å². The highest BCUT2D eigenvalue weighted by Crippen LogP contribution is 2.40. The lowest BCUT2D eigenvalue weighted by Crippen LogP contribution is -2.43. The van der Waals surface area contributed by atoms with Crippen LogP contribution in [0.25, 0.3) is 0 Å². The summed E-state index contributed by atoms with van der Waals surface area (Å²) in [5, 5.41) is 3.68. The topological polar surface area (TPSA) is 38.0 Å². The Hall–Kier alpha value is -1.02. The van der Waals surface area contributed by atoms with Crippen LogP contribution in [0.2, 0.25) is 0 Å². The van der Waals surface area contributed by atoms with Crippen LogP contribution in [0.4, 0.5) is 5.69 Å². The van der Waals surface area contributed by atoms with Gasteiger partial charge in [0.2, 0.25) is 0 Å². The van der Waals surface area contributed by atoms with Gasteiger partial charge in [0.25, 0.3) is 0 Å². The van der Waals surface area contributed by atoms with E-state index in [9.17, 15) is 0 Å². The lowest BCUT2D eigenvalue weighted by Gasteiger charge is -2.41. The van der Waals surface area contributed by atoms with Crippen LogP contribution in [0.5, 0.6) is 0 Å². The molecule has 0 heterocycles. The number of nitrogens with two attached hydrogens (primary N) is 1. The highest BCUT2D eigenvalue weighted by molar-refractivity contribution is 5.62. The molecule has 1 fully saturated rings. The van der Waals surface area contributed by atoms with E-state index in [0.29, 0.717) is 5.41 Å². The summed E-state index contributed by atoms with van der Waals surface area (Å²) in [5.74, 6) is 0. The molecule has 1 aliphatic rings. The maximum Gasteiger partial charge on any atom is 0.0405 e. The van der Waals surface area contributed by atoms with Gasteiger partial charge in [-0.15, -0.1) is 0 Å². The van der Waals surface area contributed by atoms with Gasteiger partial charge in [0.1, 0.15) is 0 Å². The summed E-state index contributed by atoms with van der Waals surface area (Å²) in [6.45, 7) is 10.6. The Kier molecular flexibility index (Phi) is 3.67. The fourth-order valence-electron chi connectivity index (χ4n) is 2.89. The van der Waals surface area contributed by atoms with Gasteiger partial charge in [0.15, 0.2) is 0 Å². The average Bonchev–Trinajstić information content (AvgIpc) is 2.29. The van der Waals surface area contributed by atoms with Crippen molar-refractivity contribution in [2.24, 2.45) is 11.1 Å². The molecule has 1 aromatic carbocycles. The Balaban J connectivity index is 2.19. The van der Waals surface area contributed by atoms with Gasteiger partial charge in [-0.25, -0.2) is 0 Å². The van der Waals surface area contributed by atoms with Gasteiger partial charge < -0.3 is 11.1 Å². The van der Waals surface area contributed by atoms with Gasteiger partial charge in [-0.05, 0) is 74.8 Å². The molecule has 1 saturated carbocycles. The molecule has 0 amide bonds. The number of hydrogen-bond donors (Lipinski definition) is 2. The molecular weight excluding hydrogens is 220 g/mol. The third kappa shape index (κ3) is 2.26. The van der Waals surface area contributed by atoms with E-state index >= 15 is 0 Å². The minimum atomic E-state index is 0.358. The Morgan fingerprint density at radius 3 is 2.06 bits per heavy atom. The molecular formula is C16H26N2. The summed E-state index contributed by atoms with van der Waals surface area (Å²) >= 11 is 0. The molecule has 0 saturated heterocycles. The van der Waals surface area contributed by atoms with Crippen LogP contribution in [-0.2, 0) is 0 Å². The van der Waals surface area contributed by atoms with Crippen LogP contribution in [0.1, 0.15) is 41.5 Å². The summed E-state index contributed by atoms with van der Waals surface area (Å²) in [7, 11) is 0. The van der Waals surface area contributed by atoms with E-state index < -0.39 is 0 Å². The Morgan fingerprint density at radius 2 is 1.67 bits per heavy atom. The predicted molar refractivity (Wildman–Crippen MR) is 79.2 cm³/mol. The first-order chi connectivity index (χ1) is 8.49. The highest BCUT2D eigenvalue weighted by Gasteiger charge is 2.35. The van der Waals surface area contributed by atoms with Crippen molar-refractivity contribution in [2.75, 3.05) is 18.4 Å². The van der Waals surface area contributed by atoms with Crippen molar-refractivity contribution >= 4 is 5.69 Å². The molecule has 1 aromatic rings. The number of anilines is 1. The molecule has 0 atom stereocenters. The van der Waals surface area contributed by atoms with Crippen molar-refractivity contribution in [3.05, 3.63) is 28.3 Å². The van der Waals surface area contributed by atoms with Crippen LogP contribution >= 0.6 is 0 Å². The van der Waals surface area contributed by atoms with Gasteiger partial charge in [0.05, 0.1) is 0 Å².